The molecular weight excluding hydrogens is 360 g/mol. The quantitative estimate of drug-likeness (QED) is 0.839. The van der Waals surface area contributed by atoms with Gasteiger partial charge in [0.2, 0.25) is 5.91 Å². The maximum absolute atomic E-state index is 12.6. The molecule has 3 rings (SSSR count). The number of likely N-dealkylation sites (tertiary alicyclic amines) is 1. The normalized spacial score (nSPS) is 14.8. The van der Waals surface area contributed by atoms with Gasteiger partial charge in [-0.15, -0.1) is 0 Å². The van der Waals surface area contributed by atoms with Gasteiger partial charge in [0.05, 0.1) is 0 Å². The lowest BCUT2D eigenvalue weighted by Gasteiger charge is -2.32. The maximum Gasteiger partial charge on any atom is 0.253 e. The molecule has 1 heterocycles. The second kappa shape index (κ2) is 9.05. The lowest BCUT2D eigenvalue weighted by atomic mass is 9.92. The Labute approximate surface area is 165 Å². The van der Waals surface area contributed by atoms with Gasteiger partial charge in [-0.25, -0.2) is 0 Å². The number of piperidine rings is 1. The van der Waals surface area contributed by atoms with Crippen LogP contribution in [0, 0.1) is 12.8 Å². The van der Waals surface area contributed by atoms with Crippen LogP contribution in [0.25, 0.3) is 0 Å². The van der Waals surface area contributed by atoms with E-state index < -0.39 is 0 Å². The van der Waals surface area contributed by atoms with Gasteiger partial charge in [-0.2, -0.15) is 0 Å². The van der Waals surface area contributed by atoms with Crippen molar-refractivity contribution in [2.24, 2.45) is 5.92 Å². The average Bonchev–Trinajstić information content (AvgIpc) is 2.68. The molecule has 1 N–H and O–H groups in total. The number of carbonyl (C=O) groups is 2. The van der Waals surface area contributed by atoms with Gasteiger partial charge < -0.3 is 10.2 Å². The highest BCUT2D eigenvalue weighted by Crippen LogP contribution is 2.22. The SMILES string of the molecule is Cc1ccc(C(=O)N2CCC(CC(=O)NCc3ccccc3Cl)CC2)cc1. The minimum atomic E-state index is 0.0400. The number of rotatable bonds is 5. The second-order valence-corrected chi connectivity index (χ2v) is 7.58. The molecule has 0 radical (unpaired) electrons. The highest BCUT2D eigenvalue weighted by atomic mass is 35.5. The van der Waals surface area contributed by atoms with E-state index in [9.17, 15) is 9.59 Å². The molecular formula is C22H25ClN2O2. The van der Waals surface area contributed by atoms with Gasteiger partial charge in [0.15, 0.2) is 0 Å². The molecule has 27 heavy (non-hydrogen) atoms. The number of carbonyl (C=O) groups excluding carboxylic acids is 2. The monoisotopic (exact) mass is 384 g/mol. The fourth-order valence-corrected chi connectivity index (χ4v) is 3.59. The van der Waals surface area contributed by atoms with Gasteiger partial charge in [0.25, 0.3) is 5.91 Å². The average molecular weight is 385 g/mol. The molecule has 142 valence electrons. The zero-order chi connectivity index (χ0) is 19.2. The molecule has 0 atom stereocenters. The van der Waals surface area contributed by atoms with E-state index in [1.165, 1.54) is 0 Å². The molecule has 0 aliphatic carbocycles. The number of benzene rings is 2. The summed E-state index contributed by atoms with van der Waals surface area (Å²) in [5.74, 6) is 0.438. The van der Waals surface area contributed by atoms with Crippen molar-refractivity contribution < 1.29 is 9.59 Å². The molecule has 4 nitrogen and oxygen atoms in total. The summed E-state index contributed by atoms with van der Waals surface area (Å²) in [4.78, 5) is 26.7. The van der Waals surface area contributed by atoms with Gasteiger partial charge in [-0.05, 0) is 49.4 Å². The van der Waals surface area contributed by atoms with E-state index in [1.807, 2.05) is 60.4 Å². The summed E-state index contributed by atoms with van der Waals surface area (Å²) < 4.78 is 0. The Balaban J connectivity index is 1.43. The first-order valence-corrected chi connectivity index (χ1v) is 9.77. The van der Waals surface area contributed by atoms with E-state index in [2.05, 4.69) is 5.32 Å². The van der Waals surface area contributed by atoms with E-state index in [0.717, 1.165) is 29.5 Å². The molecule has 5 heteroatoms. The van der Waals surface area contributed by atoms with Gasteiger partial charge in [0, 0.05) is 36.6 Å². The van der Waals surface area contributed by atoms with Crippen LogP contribution >= 0.6 is 11.6 Å². The predicted molar refractivity (Wildman–Crippen MR) is 108 cm³/mol. The fraction of sp³-hybridized carbons (Fsp3) is 0.364. The summed E-state index contributed by atoms with van der Waals surface area (Å²) in [7, 11) is 0. The largest absolute Gasteiger partial charge is 0.352 e. The number of halogens is 1. The fourth-order valence-electron chi connectivity index (χ4n) is 3.39. The van der Waals surface area contributed by atoms with Gasteiger partial charge in [-0.1, -0.05) is 47.5 Å². The molecule has 2 aromatic carbocycles. The Hall–Kier alpha value is -2.33. The summed E-state index contributed by atoms with van der Waals surface area (Å²) in [6, 6.07) is 15.2. The molecule has 0 aromatic heterocycles. The Kier molecular flexibility index (Phi) is 6.51. The van der Waals surface area contributed by atoms with E-state index in [-0.39, 0.29) is 11.8 Å². The van der Waals surface area contributed by atoms with Crippen LogP contribution in [-0.2, 0) is 11.3 Å². The summed E-state index contributed by atoms with van der Waals surface area (Å²) in [5, 5.41) is 3.62. The van der Waals surface area contributed by atoms with Crippen LogP contribution in [0.1, 0.15) is 40.7 Å². The third-order valence-corrected chi connectivity index (χ3v) is 5.48. The first kappa shape index (κ1) is 19.4. The van der Waals surface area contributed by atoms with Crippen molar-refractivity contribution in [3.63, 3.8) is 0 Å². The topological polar surface area (TPSA) is 49.4 Å². The third-order valence-electron chi connectivity index (χ3n) is 5.11. The molecule has 0 bridgehead atoms. The lowest BCUT2D eigenvalue weighted by Crippen LogP contribution is -2.39. The minimum Gasteiger partial charge on any atom is -0.352 e. The number of amides is 2. The minimum absolute atomic E-state index is 0.0400. The van der Waals surface area contributed by atoms with Crippen molar-refractivity contribution in [2.45, 2.75) is 32.7 Å². The van der Waals surface area contributed by atoms with Crippen molar-refractivity contribution in [3.8, 4) is 0 Å². The standard InChI is InChI=1S/C22H25ClN2O2/c1-16-6-8-18(9-7-16)22(27)25-12-10-17(11-13-25)14-21(26)24-15-19-4-2-3-5-20(19)23/h2-9,17H,10-15H2,1H3,(H,24,26). The number of nitrogens with zero attached hydrogens (tertiary/aromatic N) is 1. The highest BCUT2D eigenvalue weighted by Gasteiger charge is 2.25. The van der Waals surface area contributed by atoms with Gasteiger partial charge in [-0.3, -0.25) is 9.59 Å². The summed E-state index contributed by atoms with van der Waals surface area (Å²) in [5.41, 5.74) is 2.80. The number of aryl methyl sites for hydroxylation is 1. The van der Waals surface area contributed by atoms with Crippen molar-refractivity contribution in [2.75, 3.05) is 13.1 Å². The molecule has 1 fully saturated rings. The first-order valence-electron chi connectivity index (χ1n) is 9.39. The van der Waals surface area contributed by atoms with Crippen LogP contribution in [0.2, 0.25) is 5.02 Å². The zero-order valence-corrected chi connectivity index (χ0v) is 16.3. The van der Waals surface area contributed by atoms with E-state index in [0.29, 0.717) is 37.0 Å². The number of hydrogen-bond donors (Lipinski definition) is 1. The molecule has 1 aliphatic heterocycles. The molecule has 0 unspecified atom stereocenters. The highest BCUT2D eigenvalue weighted by molar-refractivity contribution is 6.31. The summed E-state index contributed by atoms with van der Waals surface area (Å²) >= 11 is 6.12. The van der Waals surface area contributed by atoms with Gasteiger partial charge in [0.1, 0.15) is 0 Å². The molecule has 2 amide bonds. The van der Waals surface area contributed by atoms with Crippen molar-refractivity contribution in [1.29, 1.82) is 0 Å². The molecule has 1 aliphatic rings. The van der Waals surface area contributed by atoms with Gasteiger partial charge >= 0.3 is 0 Å². The van der Waals surface area contributed by atoms with Crippen LogP contribution in [0.5, 0.6) is 0 Å². The smallest absolute Gasteiger partial charge is 0.253 e. The number of hydrogen-bond acceptors (Lipinski definition) is 2. The molecule has 1 saturated heterocycles. The van der Waals surface area contributed by atoms with E-state index in [1.54, 1.807) is 0 Å². The predicted octanol–water partition coefficient (Wildman–Crippen LogP) is 4.21. The van der Waals surface area contributed by atoms with Crippen molar-refractivity contribution in [3.05, 3.63) is 70.2 Å². The Morgan fingerprint density at radius 1 is 1.07 bits per heavy atom. The third kappa shape index (κ3) is 5.33. The Morgan fingerprint density at radius 3 is 2.41 bits per heavy atom. The van der Waals surface area contributed by atoms with Crippen LogP contribution in [0.3, 0.4) is 0 Å². The maximum atomic E-state index is 12.6. The molecule has 0 spiro atoms. The lowest BCUT2D eigenvalue weighted by molar-refractivity contribution is -0.122. The first-order chi connectivity index (χ1) is 13.0. The number of nitrogens with one attached hydrogen (secondary N) is 1. The van der Waals surface area contributed by atoms with Crippen LogP contribution < -0.4 is 5.32 Å². The molecule has 0 saturated carbocycles. The second-order valence-electron chi connectivity index (χ2n) is 7.17. The Morgan fingerprint density at radius 2 is 1.74 bits per heavy atom. The zero-order valence-electron chi connectivity index (χ0n) is 15.6. The molecule has 2 aromatic rings. The van der Waals surface area contributed by atoms with Crippen LogP contribution in [-0.4, -0.2) is 29.8 Å². The van der Waals surface area contributed by atoms with Crippen LogP contribution in [0.15, 0.2) is 48.5 Å². The van der Waals surface area contributed by atoms with E-state index >= 15 is 0 Å². The van der Waals surface area contributed by atoms with Crippen molar-refractivity contribution in [1.82, 2.24) is 10.2 Å². The van der Waals surface area contributed by atoms with Crippen LogP contribution in [0.4, 0.5) is 0 Å². The Bertz CT molecular complexity index is 796. The summed E-state index contributed by atoms with van der Waals surface area (Å²) in [6.07, 6.45) is 2.21. The summed E-state index contributed by atoms with van der Waals surface area (Å²) in [6.45, 7) is 3.87. The van der Waals surface area contributed by atoms with Crippen molar-refractivity contribution >= 4 is 23.4 Å². The van der Waals surface area contributed by atoms with E-state index in [4.69, 9.17) is 11.6 Å².